The predicted molar refractivity (Wildman–Crippen MR) is 52.4 cm³/mol. The van der Waals surface area contributed by atoms with E-state index in [-0.39, 0.29) is 0 Å². The third-order valence-corrected chi connectivity index (χ3v) is 2.42. The van der Waals surface area contributed by atoms with E-state index in [1.54, 1.807) is 0 Å². The second-order valence-electron chi connectivity index (χ2n) is 3.61. The minimum atomic E-state index is 0.610. The Labute approximate surface area is 76.1 Å². The molecular weight excluding hydrogens is 148 g/mol. The highest BCUT2D eigenvalue weighted by Crippen LogP contribution is 2.05. The molecule has 1 fully saturated rings. The first-order valence-electron chi connectivity index (χ1n) is 5.31. The summed E-state index contributed by atoms with van der Waals surface area (Å²) in [5.41, 5.74) is 0. The van der Waals surface area contributed by atoms with Crippen LogP contribution in [-0.2, 0) is 0 Å². The van der Waals surface area contributed by atoms with Crippen LogP contribution in [0.1, 0.15) is 39.0 Å². The fourth-order valence-electron chi connectivity index (χ4n) is 1.63. The molecule has 1 N–H and O–H groups in total. The second kappa shape index (κ2) is 6.44. The molecule has 0 aromatic rings. The van der Waals surface area contributed by atoms with E-state index in [0.717, 1.165) is 19.6 Å². The van der Waals surface area contributed by atoms with Crippen molar-refractivity contribution in [1.82, 2.24) is 10.6 Å². The van der Waals surface area contributed by atoms with Crippen molar-refractivity contribution in [2.24, 2.45) is 0 Å². The van der Waals surface area contributed by atoms with E-state index in [1.165, 1.54) is 32.1 Å². The highest BCUT2D eigenvalue weighted by molar-refractivity contribution is 4.72. The summed E-state index contributed by atoms with van der Waals surface area (Å²) in [5, 5.41) is 8.06. The van der Waals surface area contributed by atoms with Crippen molar-refractivity contribution in [3.8, 4) is 0 Å². The first kappa shape index (κ1) is 10.0. The lowest BCUT2D eigenvalue weighted by Gasteiger charge is -2.12. The summed E-state index contributed by atoms with van der Waals surface area (Å²) in [6, 6.07) is 0.610. The molecule has 1 aliphatic heterocycles. The van der Waals surface area contributed by atoms with Crippen molar-refractivity contribution >= 4 is 0 Å². The predicted octanol–water partition coefficient (Wildman–Crippen LogP) is 1.53. The summed E-state index contributed by atoms with van der Waals surface area (Å²) >= 11 is 0. The molecule has 0 bridgehead atoms. The van der Waals surface area contributed by atoms with Crippen molar-refractivity contribution in [1.29, 1.82) is 0 Å². The molecule has 0 aliphatic carbocycles. The van der Waals surface area contributed by atoms with Crippen LogP contribution in [0, 0.1) is 0 Å². The van der Waals surface area contributed by atoms with Crippen LogP contribution in [0.4, 0.5) is 0 Å². The highest BCUT2D eigenvalue weighted by Gasteiger charge is 2.10. The van der Waals surface area contributed by atoms with Gasteiger partial charge in [-0.25, -0.2) is 5.32 Å². The lowest BCUT2D eigenvalue weighted by atomic mass is 10.1. The van der Waals surface area contributed by atoms with Gasteiger partial charge < -0.3 is 5.32 Å². The molecule has 2 heteroatoms. The number of rotatable bonds is 4. The van der Waals surface area contributed by atoms with Crippen LogP contribution in [0.2, 0.25) is 0 Å². The van der Waals surface area contributed by atoms with Gasteiger partial charge in [-0.1, -0.05) is 26.2 Å². The molecular formula is C10H21N2. The van der Waals surface area contributed by atoms with Crippen LogP contribution in [0.15, 0.2) is 0 Å². The minimum absolute atomic E-state index is 0.610. The zero-order valence-corrected chi connectivity index (χ0v) is 8.18. The molecule has 0 aromatic heterocycles. The lowest BCUT2D eigenvalue weighted by molar-refractivity contribution is 0.463. The van der Waals surface area contributed by atoms with Crippen LogP contribution < -0.4 is 10.6 Å². The highest BCUT2D eigenvalue weighted by atomic mass is 15.0. The molecule has 1 rings (SSSR count). The quantitative estimate of drug-likeness (QED) is 0.635. The Hall–Kier alpha value is -0.0800. The van der Waals surface area contributed by atoms with Crippen LogP contribution in [0.5, 0.6) is 0 Å². The zero-order valence-electron chi connectivity index (χ0n) is 8.18. The molecule has 1 aliphatic rings. The van der Waals surface area contributed by atoms with E-state index >= 15 is 0 Å². The summed E-state index contributed by atoms with van der Waals surface area (Å²) in [7, 11) is 0. The Bertz CT molecular complexity index is 96.0. The average Bonchev–Trinajstić information content (AvgIpc) is 2.33. The van der Waals surface area contributed by atoms with Crippen LogP contribution in [0.3, 0.4) is 0 Å². The normalized spacial score (nSPS) is 25.2. The summed E-state index contributed by atoms with van der Waals surface area (Å²) in [4.78, 5) is 0. The molecule has 12 heavy (non-hydrogen) atoms. The first-order valence-corrected chi connectivity index (χ1v) is 5.31. The van der Waals surface area contributed by atoms with E-state index in [9.17, 15) is 0 Å². The number of unbranched alkanes of at least 4 members (excludes halogenated alkanes) is 2. The molecule has 71 valence electrons. The van der Waals surface area contributed by atoms with Gasteiger partial charge in [0.05, 0.1) is 0 Å². The Morgan fingerprint density at radius 1 is 1.42 bits per heavy atom. The summed E-state index contributed by atoms with van der Waals surface area (Å²) in [6.45, 7) is 5.60. The summed E-state index contributed by atoms with van der Waals surface area (Å²) in [6.07, 6.45) is 6.56. The van der Waals surface area contributed by atoms with Crippen LogP contribution >= 0.6 is 0 Å². The minimum Gasteiger partial charge on any atom is -0.315 e. The van der Waals surface area contributed by atoms with Crippen molar-refractivity contribution in [3.05, 3.63) is 0 Å². The van der Waals surface area contributed by atoms with Gasteiger partial charge in [-0.05, 0) is 19.4 Å². The van der Waals surface area contributed by atoms with Crippen molar-refractivity contribution in [2.75, 3.05) is 19.6 Å². The van der Waals surface area contributed by atoms with Gasteiger partial charge in [0.25, 0.3) is 0 Å². The standard InChI is InChI=1S/C10H21N2/c1-2-3-4-6-10-9-11-7-5-8-12-10/h10-11H,2-9H2,1H3. The van der Waals surface area contributed by atoms with E-state index in [1.807, 2.05) is 0 Å². The van der Waals surface area contributed by atoms with Gasteiger partial charge in [-0.2, -0.15) is 0 Å². The topological polar surface area (TPSA) is 26.1 Å². The number of hydrogen-bond acceptors (Lipinski definition) is 1. The third kappa shape index (κ3) is 4.07. The first-order chi connectivity index (χ1) is 5.93. The second-order valence-corrected chi connectivity index (χ2v) is 3.61. The fourth-order valence-corrected chi connectivity index (χ4v) is 1.63. The molecule has 2 nitrogen and oxygen atoms in total. The zero-order chi connectivity index (χ0) is 8.65. The Kier molecular flexibility index (Phi) is 5.37. The van der Waals surface area contributed by atoms with Crippen LogP contribution in [-0.4, -0.2) is 25.7 Å². The average molecular weight is 169 g/mol. The van der Waals surface area contributed by atoms with Gasteiger partial charge in [0.2, 0.25) is 0 Å². The molecule has 1 unspecified atom stereocenters. The molecule has 1 heterocycles. The number of hydrogen-bond donors (Lipinski definition) is 1. The van der Waals surface area contributed by atoms with Crippen LogP contribution in [0.25, 0.3) is 0 Å². The van der Waals surface area contributed by atoms with Gasteiger partial charge in [0, 0.05) is 19.1 Å². The molecule has 0 saturated carbocycles. The fraction of sp³-hybridized carbons (Fsp3) is 1.00. The third-order valence-electron chi connectivity index (χ3n) is 2.42. The number of nitrogens with one attached hydrogen (secondary N) is 1. The Morgan fingerprint density at radius 2 is 2.33 bits per heavy atom. The number of nitrogens with zero attached hydrogens (tertiary/aromatic N) is 1. The molecule has 0 aromatic carbocycles. The van der Waals surface area contributed by atoms with Gasteiger partial charge in [-0.3, -0.25) is 0 Å². The van der Waals surface area contributed by atoms with E-state index in [2.05, 4.69) is 17.6 Å². The van der Waals surface area contributed by atoms with Gasteiger partial charge in [-0.15, -0.1) is 0 Å². The van der Waals surface area contributed by atoms with E-state index < -0.39 is 0 Å². The van der Waals surface area contributed by atoms with Gasteiger partial charge in [0.15, 0.2) is 0 Å². The lowest BCUT2D eigenvalue weighted by Crippen LogP contribution is -2.30. The van der Waals surface area contributed by atoms with Gasteiger partial charge in [0.1, 0.15) is 0 Å². The van der Waals surface area contributed by atoms with Crippen molar-refractivity contribution in [3.63, 3.8) is 0 Å². The SMILES string of the molecule is CCCCCC1CNCCC[N]1. The molecule has 1 radical (unpaired) electrons. The molecule has 0 amide bonds. The smallest absolute Gasteiger partial charge is 0.0370 e. The monoisotopic (exact) mass is 169 g/mol. The Balaban J connectivity index is 2.04. The maximum absolute atomic E-state index is 4.63. The Morgan fingerprint density at radius 3 is 3.17 bits per heavy atom. The van der Waals surface area contributed by atoms with Crippen molar-refractivity contribution < 1.29 is 0 Å². The largest absolute Gasteiger partial charge is 0.315 e. The van der Waals surface area contributed by atoms with Gasteiger partial charge >= 0.3 is 0 Å². The van der Waals surface area contributed by atoms with E-state index in [4.69, 9.17) is 0 Å². The van der Waals surface area contributed by atoms with Crippen molar-refractivity contribution in [2.45, 2.75) is 45.1 Å². The maximum Gasteiger partial charge on any atom is 0.0370 e. The molecule has 1 atom stereocenters. The van der Waals surface area contributed by atoms with E-state index in [0.29, 0.717) is 6.04 Å². The summed E-state index contributed by atoms with van der Waals surface area (Å²) in [5.74, 6) is 0. The maximum atomic E-state index is 4.63. The summed E-state index contributed by atoms with van der Waals surface area (Å²) < 4.78 is 0. The molecule has 0 spiro atoms. The molecule has 1 saturated heterocycles.